The van der Waals surface area contributed by atoms with Crippen molar-refractivity contribution in [3.8, 4) is 22.3 Å². The average Bonchev–Trinajstić information content (AvgIpc) is 3.81. The zero-order valence-electron chi connectivity index (χ0n) is 33.9. The highest BCUT2D eigenvalue weighted by Crippen LogP contribution is 2.45. The van der Waals surface area contributed by atoms with Gasteiger partial charge in [-0.25, -0.2) is 0 Å². The SMILES string of the molecule is [2H]c1c([2H])c(-c2ccccc2)c([2H])c(N(c2c([2H])c([2H])c(-c3ccc4sc5ccccc5c4c3)c([2H])c2[2H])c2cccc3oc4c5ccccc5ccc4c23)c1[2H]. The number of furan rings is 1. The van der Waals surface area contributed by atoms with E-state index in [-0.39, 0.29) is 46.7 Å². The number of anilines is 3. The van der Waals surface area contributed by atoms with E-state index >= 15 is 0 Å². The summed E-state index contributed by atoms with van der Waals surface area (Å²) in [5.41, 5.74) is 2.30. The summed E-state index contributed by atoms with van der Waals surface area (Å²) in [5.74, 6) is 0. The largest absolute Gasteiger partial charge is 0.455 e. The van der Waals surface area contributed by atoms with Crippen molar-refractivity contribution in [2.45, 2.75) is 0 Å². The zero-order valence-corrected chi connectivity index (χ0v) is 26.7. The molecule has 230 valence electrons. The summed E-state index contributed by atoms with van der Waals surface area (Å²) in [4.78, 5) is 1.40. The van der Waals surface area contributed by atoms with Gasteiger partial charge in [0, 0.05) is 42.3 Å². The zero-order chi connectivity index (χ0) is 39.3. The monoisotopic (exact) mass is 651 g/mol. The molecule has 0 spiro atoms. The van der Waals surface area contributed by atoms with Gasteiger partial charge in [-0.05, 0) is 88.2 Å². The lowest BCUT2D eigenvalue weighted by Gasteiger charge is -2.27. The van der Waals surface area contributed by atoms with E-state index in [0.717, 1.165) is 30.9 Å². The third-order valence-electron chi connectivity index (χ3n) is 9.00. The van der Waals surface area contributed by atoms with Crippen LogP contribution in [0.1, 0.15) is 11.0 Å². The number of benzene rings is 8. The van der Waals surface area contributed by atoms with Gasteiger partial charge >= 0.3 is 0 Å². The first-order valence-electron chi connectivity index (χ1n) is 19.9. The fourth-order valence-electron chi connectivity index (χ4n) is 6.71. The molecule has 0 aliphatic rings. The fourth-order valence-corrected chi connectivity index (χ4v) is 7.80. The summed E-state index contributed by atoms with van der Waals surface area (Å²) in [7, 11) is 0. The first kappa shape index (κ1) is 20.9. The number of hydrogen-bond acceptors (Lipinski definition) is 3. The van der Waals surface area contributed by atoms with Gasteiger partial charge in [0.15, 0.2) is 0 Å². The Balaban J connectivity index is 1.30. The molecule has 0 fully saturated rings. The lowest BCUT2D eigenvalue weighted by atomic mass is 10.0. The van der Waals surface area contributed by atoms with Crippen molar-refractivity contribution in [1.29, 1.82) is 0 Å². The van der Waals surface area contributed by atoms with Crippen LogP contribution in [0.5, 0.6) is 0 Å². The summed E-state index contributed by atoms with van der Waals surface area (Å²) in [5, 5.41) is 5.09. The minimum absolute atomic E-state index is 0.106. The van der Waals surface area contributed by atoms with Crippen molar-refractivity contribution in [2.75, 3.05) is 4.90 Å². The molecule has 3 heteroatoms. The molecule has 0 aliphatic heterocycles. The molecule has 0 saturated carbocycles. The standard InChI is InChI=1S/C46H29NOS/c1-2-10-30(11-3-1)33-13-8-14-36(28-33)47(41-17-9-18-42-45(41)39-26-22-32-12-4-5-15-37(32)46(39)48-42)35-24-20-31(21-25-35)34-23-27-44-40(29-34)38-16-6-7-19-43(38)49-44/h1-29H/i8D,13D,14D,20D,21D,24D,25D,28D. The minimum Gasteiger partial charge on any atom is -0.455 e. The summed E-state index contributed by atoms with van der Waals surface area (Å²) < 4.78 is 83.9. The predicted octanol–water partition coefficient (Wildman–Crippen LogP) is 13.9. The van der Waals surface area contributed by atoms with Crippen LogP contribution >= 0.6 is 11.3 Å². The Labute approximate surface area is 299 Å². The van der Waals surface area contributed by atoms with E-state index in [1.807, 2.05) is 84.9 Å². The van der Waals surface area contributed by atoms with E-state index in [2.05, 4.69) is 0 Å². The predicted molar refractivity (Wildman–Crippen MR) is 210 cm³/mol. The Hall–Kier alpha value is -6.16. The summed E-state index contributed by atoms with van der Waals surface area (Å²) in [6.07, 6.45) is 0. The molecule has 0 aliphatic carbocycles. The number of rotatable bonds is 5. The first-order valence-corrected chi connectivity index (χ1v) is 16.8. The van der Waals surface area contributed by atoms with E-state index < -0.39 is 24.2 Å². The van der Waals surface area contributed by atoms with Crippen molar-refractivity contribution in [3.05, 3.63) is 176 Å². The van der Waals surface area contributed by atoms with Gasteiger partial charge < -0.3 is 9.32 Å². The minimum atomic E-state index is -0.462. The van der Waals surface area contributed by atoms with Crippen molar-refractivity contribution in [3.63, 3.8) is 0 Å². The molecule has 0 unspecified atom stereocenters. The van der Waals surface area contributed by atoms with Gasteiger partial charge in [0.25, 0.3) is 0 Å². The Kier molecular flexibility index (Phi) is 4.80. The molecule has 2 nitrogen and oxygen atoms in total. The molecule has 10 rings (SSSR count). The molecule has 10 aromatic rings. The van der Waals surface area contributed by atoms with Gasteiger partial charge in [0.2, 0.25) is 0 Å². The smallest absolute Gasteiger partial charge is 0.143 e. The maximum absolute atomic E-state index is 9.68. The Bertz CT molecular complexity index is 3270. The molecule has 0 saturated heterocycles. The summed E-state index contributed by atoms with van der Waals surface area (Å²) in [6, 6.07) is 36.7. The van der Waals surface area contributed by atoms with Crippen molar-refractivity contribution in [1.82, 2.24) is 0 Å². The lowest BCUT2D eigenvalue weighted by molar-refractivity contribution is 0.672. The van der Waals surface area contributed by atoms with Crippen LogP contribution in [0.4, 0.5) is 17.1 Å². The topological polar surface area (TPSA) is 16.4 Å². The molecule has 2 aromatic heterocycles. The van der Waals surface area contributed by atoms with Crippen LogP contribution in [0, 0.1) is 0 Å². The summed E-state index contributed by atoms with van der Waals surface area (Å²) in [6.45, 7) is 0. The maximum atomic E-state index is 9.68. The third kappa shape index (κ3) is 4.62. The van der Waals surface area contributed by atoms with Crippen molar-refractivity contribution >= 4 is 81.3 Å². The Morgan fingerprint density at radius 2 is 1.31 bits per heavy atom. The molecular weight excluding hydrogens is 615 g/mol. The number of nitrogens with zero attached hydrogens (tertiary/aromatic N) is 1. The van der Waals surface area contributed by atoms with E-state index in [4.69, 9.17) is 7.16 Å². The highest BCUT2D eigenvalue weighted by atomic mass is 32.1. The quantitative estimate of drug-likeness (QED) is 0.184. The second-order valence-corrected chi connectivity index (χ2v) is 13.0. The number of fused-ring (bicyclic) bond motifs is 8. The maximum Gasteiger partial charge on any atom is 0.143 e. The van der Waals surface area contributed by atoms with Crippen molar-refractivity contribution < 1.29 is 15.4 Å². The van der Waals surface area contributed by atoms with Gasteiger partial charge in [-0.1, -0.05) is 115 Å². The van der Waals surface area contributed by atoms with Crippen LogP contribution in [0.25, 0.3) is 75.1 Å². The van der Waals surface area contributed by atoms with Crippen LogP contribution in [-0.4, -0.2) is 0 Å². The molecular formula is C46H29NOS. The number of thiophene rings is 1. The fraction of sp³-hybridized carbons (Fsp3) is 0. The van der Waals surface area contributed by atoms with E-state index in [1.165, 1.54) is 4.90 Å². The molecule has 8 aromatic carbocycles. The van der Waals surface area contributed by atoms with E-state index in [1.54, 1.807) is 53.8 Å². The molecule has 0 bridgehead atoms. The first-order chi connectivity index (χ1) is 27.6. The lowest BCUT2D eigenvalue weighted by Crippen LogP contribution is -2.10. The van der Waals surface area contributed by atoms with Crippen LogP contribution < -0.4 is 4.90 Å². The molecule has 0 atom stereocenters. The normalized spacial score (nSPS) is 14.0. The van der Waals surface area contributed by atoms with Crippen LogP contribution in [0.3, 0.4) is 0 Å². The van der Waals surface area contributed by atoms with Gasteiger partial charge in [-0.15, -0.1) is 11.3 Å². The molecule has 0 radical (unpaired) electrons. The Morgan fingerprint density at radius 3 is 2.20 bits per heavy atom. The average molecular weight is 652 g/mol. The Morgan fingerprint density at radius 1 is 0.510 bits per heavy atom. The summed E-state index contributed by atoms with van der Waals surface area (Å²) >= 11 is 1.64. The third-order valence-corrected chi connectivity index (χ3v) is 10.2. The van der Waals surface area contributed by atoms with Crippen LogP contribution in [0.15, 0.2) is 180 Å². The van der Waals surface area contributed by atoms with Gasteiger partial charge in [-0.2, -0.15) is 0 Å². The number of hydrogen-bond donors (Lipinski definition) is 0. The molecule has 0 N–H and O–H groups in total. The highest BCUT2D eigenvalue weighted by Gasteiger charge is 2.21. The van der Waals surface area contributed by atoms with Crippen molar-refractivity contribution in [2.24, 2.45) is 0 Å². The van der Waals surface area contributed by atoms with Crippen LogP contribution in [0.2, 0.25) is 0 Å². The van der Waals surface area contributed by atoms with Gasteiger partial charge in [0.05, 0.1) is 22.0 Å². The second-order valence-electron chi connectivity index (χ2n) is 11.9. The van der Waals surface area contributed by atoms with Gasteiger partial charge in [0.1, 0.15) is 11.2 Å². The van der Waals surface area contributed by atoms with Gasteiger partial charge in [-0.3, -0.25) is 0 Å². The van der Waals surface area contributed by atoms with Crippen LogP contribution in [-0.2, 0) is 0 Å². The molecule has 49 heavy (non-hydrogen) atoms. The molecule has 0 amide bonds. The van der Waals surface area contributed by atoms with E-state index in [9.17, 15) is 8.22 Å². The second kappa shape index (κ2) is 11.2. The highest BCUT2D eigenvalue weighted by molar-refractivity contribution is 7.25. The van der Waals surface area contributed by atoms with E-state index in [0.29, 0.717) is 38.8 Å². The molecule has 2 heterocycles.